The lowest BCUT2D eigenvalue weighted by molar-refractivity contribution is 1.41. The van der Waals surface area contributed by atoms with E-state index in [1.807, 2.05) is 41.7 Å². The van der Waals surface area contributed by atoms with E-state index in [0.717, 1.165) is 17.2 Å². The summed E-state index contributed by atoms with van der Waals surface area (Å²) in [5.41, 5.74) is 6.47. The molecule has 0 amide bonds. The molecule has 0 radical (unpaired) electrons. The maximum atomic E-state index is 5.64. The molecule has 0 aliphatic carbocycles. The van der Waals surface area contributed by atoms with Crippen LogP contribution in [0.4, 0.5) is 5.69 Å². The molecule has 2 rings (SSSR count). The second-order valence-electron chi connectivity index (χ2n) is 3.58. The van der Waals surface area contributed by atoms with E-state index < -0.39 is 0 Å². The predicted octanol–water partition coefficient (Wildman–Crippen LogP) is 4.15. The Bertz CT molecular complexity index is 440. The molecule has 0 aliphatic rings. The molecule has 88 valence electrons. The second kappa shape index (κ2) is 6.62. The van der Waals surface area contributed by atoms with E-state index >= 15 is 0 Å². The van der Waals surface area contributed by atoms with Crippen molar-refractivity contribution in [1.82, 2.24) is 0 Å². The average Bonchev–Trinajstić information content (AvgIpc) is 2.38. The molecule has 2 aromatic carbocycles. The van der Waals surface area contributed by atoms with E-state index in [-0.39, 0.29) is 0 Å². The summed E-state index contributed by atoms with van der Waals surface area (Å²) < 4.78 is 0. The monoisotopic (exact) mass is 261 g/mol. The summed E-state index contributed by atoms with van der Waals surface area (Å²) in [6.45, 7) is 0. The Kier molecular flexibility index (Phi) is 4.83. The Morgan fingerprint density at radius 2 is 1.24 bits per heavy atom. The fraction of sp³-hybridized carbons (Fsp3) is 0.143. The van der Waals surface area contributed by atoms with Crippen LogP contribution >= 0.6 is 23.5 Å². The van der Waals surface area contributed by atoms with Crippen molar-refractivity contribution < 1.29 is 0 Å². The van der Waals surface area contributed by atoms with Crippen LogP contribution in [0.1, 0.15) is 0 Å². The summed E-state index contributed by atoms with van der Waals surface area (Å²) in [7, 11) is 0. The van der Waals surface area contributed by atoms with Crippen molar-refractivity contribution >= 4 is 29.2 Å². The summed E-state index contributed by atoms with van der Waals surface area (Å²) in [6, 6.07) is 18.6. The van der Waals surface area contributed by atoms with Gasteiger partial charge in [0.2, 0.25) is 0 Å². The van der Waals surface area contributed by atoms with Crippen LogP contribution in [0.15, 0.2) is 64.4 Å². The summed E-state index contributed by atoms with van der Waals surface area (Å²) in [5, 5.41) is 0. The van der Waals surface area contributed by atoms with E-state index in [0.29, 0.717) is 0 Å². The van der Waals surface area contributed by atoms with E-state index in [1.165, 1.54) is 9.79 Å². The number of benzene rings is 2. The molecule has 2 aromatic rings. The van der Waals surface area contributed by atoms with E-state index in [1.54, 1.807) is 0 Å². The molecule has 17 heavy (non-hydrogen) atoms. The number of nitrogen functional groups attached to an aromatic ring is 1. The van der Waals surface area contributed by atoms with Crippen molar-refractivity contribution in [2.75, 3.05) is 17.2 Å². The highest BCUT2D eigenvalue weighted by Gasteiger charge is 1.95. The first kappa shape index (κ1) is 12.4. The van der Waals surface area contributed by atoms with Crippen molar-refractivity contribution in [3.8, 4) is 0 Å². The topological polar surface area (TPSA) is 26.0 Å². The zero-order valence-corrected chi connectivity index (χ0v) is 11.1. The van der Waals surface area contributed by atoms with Gasteiger partial charge in [-0.1, -0.05) is 18.2 Å². The molecule has 3 heteroatoms. The average molecular weight is 261 g/mol. The summed E-state index contributed by atoms with van der Waals surface area (Å²) in [5.74, 6) is 2.24. The molecule has 0 unspecified atom stereocenters. The van der Waals surface area contributed by atoms with Gasteiger partial charge in [0.05, 0.1) is 0 Å². The van der Waals surface area contributed by atoms with Gasteiger partial charge in [0.1, 0.15) is 0 Å². The zero-order chi connectivity index (χ0) is 11.9. The molecule has 0 saturated carbocycles. The van der Waals surface area contributed by atoms with Crippen LogP contribution in [0.5, 0.6) is 0 Å². The largest absolute Gasteiger partial charge is 0.399 e. The van der Waals surface area contributed by atoms with Crippen LogP contribution in [0, 0.1) is 0 Å². The van der Waals surface area contributed by atoms with Gasteiger partial charge in [0.15, 0.2) is 0 Å². The molecular weight excluding hydrogens is 246 g/mol. The highest BCUT2D eigenvalue weighted by molar-refractivity contribution is 8.03. The van der Waals surface area contributed by atoms with Crippen molar-refractivity contribution in [2.45, 2.75) is 9.79 Å². The van der Waals surface area contributed by atoms with E-state index in [2.05, 4.69) is 36.4 Å². The lowest BCUT2D eigenvalue weighted by atomic mass is 10.3. The minimum Gasteiger partial charge on any atom is -0.399 e. The van der Waals surface area contributed by atoms with Crippen LogP contribution in [-0.4, -0.2) is 11.5 Å². The number of hydrogen-bond acceptors (Lipinski definition) is 3. The van der Waals surface area contributed by atoms with E-state index in [9.17, 15) is 0 Å². The minimum atomic E-state index is 0.827. The molecule has 0 saturated heterocycles. The van der Waals surface area contributed by atoms with Crippen molar-refractivity contribution in [3.05, 3.63) is 54.6 Å². The maximum absolute atomic E-state index is 5.64. The van der Waals surface area contributed by atoms with Crippen LogP contribution in [0.25, 0.3) is 0 Å². The van der Waals surface area contributed by atoms with Gasteiger partial charge >= 0.3 is 0 Å². The molecule has 0 aromatic heterocycles. The molecule has 2 N–H and O–H groups in total. The summed E-state index contributed by atoms with van der Waals surface area (Å²) in [6.07, 6.45) is 0. The minimum absolute atomic E-state index is 0.827. The zero-order valence-electron chi connectivity index (χ0n) is 9.50. The highest BCUT2D eigenvalue weighted by Crippen LogP contribution is 2.23. The lowest BCUT2D eigenvalue weighted by Crippen LogP contribution is -1.86. The fourth-order valence-electron chi connectivity index (χ4n) is 1.40. The third-order valence-corrected chi connectivity index (χ3v) is 4.53. The Hall–Kier alpha value is -1.06. The van der Waals surface area contributed by atoms with Crippen LogP contribution in [-0.2, 0) is 0 Å². The Morgan fingerprint density at radius 1 is 0.706 bits per heavy atom. The highest BCUT2D eigenvalue weighted by atomic mass is 32.2. The molecular formula is C14H15NS2. The quantitative estimate of drug-likeness (QED) is 0.497. The number of rotatable bonds is 5. The van der Waals surface area contributed by atoms with Gasteiger partial charge < -0.3 is 5.73 Å². The van der Waals surface area contributed by atoms with Gasteiger partial charge in [0, 0.05) is 27.0 Å². The van der Waals surface area contributed by atoms with Gasteiger partial charge in [-0.05, 0) is 36.4 Å². The van der Waals surface area contributed by atoms with Crippen LogP contribution < -0.4 is 5.73 Å². The predicted molar refractivity (Wildman–Crippen MR) is 78.7 cm³/mol. The standard InChI is InChI=1S/C14H15NS2/c15-12-6-8-14(9-7-12)17-11-10-16-13-4-2-1-3-5-13/h1-9H,10-11,15H2. The molecule has 0 aliphatic heterocycles. The fourth-order valence-corrected chi connectivity index (χ4v) is 3.22. The third-order valence-electron chi connectivity index (χ3n) is 2.24. The third kappa shape index (κ3) is 4.36. The van der Waals surface area contributed by atoms with Crippen molar-refractivity contribution in [2.24, 2.45) is 0 Å². The number of hydrogen-bond donors (Lipinski definition) is 1. The first-order valence-electron chi connectivity index (χ1n) is 5.51. The molecule has 0 spiro atoms. The van der Waals surface area contributed by atoms with Gasteiger partial charge in [-0.2, -0.15) is 0 Å². The number of thioether (sulfide) groups is 2. The molecule has 0 bridgehead atoms. The smallest absolute Gasteiger partial charge is 0.0314 e. The second-order valence-corrected chi connectivity index (χ2v) is 5.92. The van der Waals surface area contributed by atoms with Crippen molar-refractivity contribution in [3.63, 3.8) is 0 Å². The Labute approximate surface area is 111 Å². The normalized spacial score (nSPS) is 10.4. The van der Waals surface area contributed by atoms with Gasteiger partial charge in [-0.25, -0.2) is 0 Å². The Balaban J connectivity index is 1.71. The van der Waals surface area contributed by atoms with Gasteiger partial charge in [-0.15, -0.1) is 23.5 Å². The summed E-state index contributed by atoms with van der Waals surface area (Å²) in [4.78, 5) is 2.62. The first-order valence-corrected chi connectivity index (χ1v) is 7.48. The molecule has 1 nitrogen and oxygen atoms in total. The van der Waals surface area contributed by atoms with Crippen LogP contribution in [0.2, 0.25) is 0 Å². The maximum Gasteiger partial charge on any atom is 0.0314 e. The lowest BCUT2D eigenvalue weighted by Gasteiger charge is -2.02. The first-order chi connectivity index (χ1) is 8.34. The molecule has 0 heterocycles. The SMILES string of the molecule is Nc1ccc(SCCSc2ccccc2)cc1. The summed E-state index contributed by atoms with van der Waals surface area (Å²) >= 11 is 3.77. The van der Waals surface area contributed by atoms with Gasteiger partial charge in [-0.3, -0.25) is 0 Å². The van der Waals surface area contributed by atoms with E-state index in [4.69, 9.17) is 5.73 Å². The molecule has 0 atom stereocenters. The number of anilines is 1. The van der Waals surface area contributed by atoms with Crippen molar-refractivity contribution in [1.29, 1.82) is 0 Å². The Morgan fingerprint density at radius 3 is 1.82 bits per heavy atom. The van der Waals surface area contributed by atoms with Crippen LogP contribution in [0.3, 0.4) is 0 Å². The molecule has 0 fully saturated rings. The van der Waals surface area contributed by atoms with Gasteiger partial charge in [0.25, 0.3) is 0 Å². The number of nitrogens with two attached hydrogens (primary N) is 1.